The quantitative estimate of drug-likeness (QED) is 0.552. The molecule has 0 aromatic heterocycles. The van der Waals surface area contributed by atoms with E-state index in [1.54, 1.807) is 69.2 Å². The number of rotatable bonds is 3. The molecular formula is C21H36O8. The summed E-state index contributed by atoms with van der Waals surface area (Å²) in [7, 11) is 0. The number of esters is 3. The molecule has 1 heterocycles. The Morgan fingerprint density at radius 2 is 1.03 bits per heavy atom. The average Bonchev–Trinajstić information content (AvgIpc) is 2.52. The van der Waals surface area contributed by atoms with Gasteiger partial charge in [-0.2, -0.15) is 0 Å². The fourth-order valence-electron chi connectivity index (χ4n) is 2.27. The van der Waals surface area contributed by atoms with Gasteiger partial charge in [0, 0.05) is 0 Å². The third-order valence-electron chi connectivity index (χ3n) is 4.30. The Bertz CT molecular complexity index is 620. The minimum absolute atomic E-state index is 0.535. The standard InChI is InChI=1S/C21H36O8/c1-11-13(27-16(23)19(2,3)4)14(28-17(24)20(5,6)7)12(22)15(26-11)29-18(25)21(8,9)10/h11-15,22H,1-10H3. The third kappa shape index (κ3) is 6.67. The fourth-order valence-corrected chi connectivity index (χ4v) is 2.27. The zero-order valence-corrected chi connectivity index (χ0v) is 19.2. The molecule has 168 valence electrons. The number of hydrogen-bond acceptors (Lipinski definition) is 8. The summed E-state index contributed by atoms with van der Waals surface area (Å²) in [6.07, 6.45) is -6.00. The summed E-state index contributed by atoms with van der Waals surface area (Å²) in [5.41, 5.74) is -2.48. The maximum Gasteiger partial charge on any atom is 0.313 e. The Kier molecular flexibility index (Phi) is 7.52. The van der Waals surface area contributed by atoms with Gasteiger partial charge in [0.15, 0.2) is 18.3 Å². The first-order valence-electron chi connectivity index (χ1n) is 9.82. The second-order valence-electron chi connectivity index (χ2n) is 10.6. The number of ether oxygens (including phenoxy) is 4. The smallest absolute Gasteiger partial charge is 0.313 e. The third-order valence-corrected chi connectivity index (χ3v) is 4.30. The van der Waals surface area contributed by atoms with Crippen LogP contribution < -0.4 is 0 Å². The van der Waals surface area contributed by atoms with E-state index in [0.717, 1.165) is 0 Å². The minimum Gasteiger partial charge on any atom is -0.455 e. The Morgan fingerprint density at radius 1 is 0.690 bits per heavy atom. The molecule has 1 saturated heterocycles. The van der Waals surface area contributed by atoms with E-state index in [1.807, 2.05) is 0 Å². The van der Waals surface area contributed by atoms with Crippen molar-refractivity contribution >= 4 is 17.9 Å². The van der Waals surface area contributed by atoms with Crippen molar-refractivity contribution in [3.8, 4) is 0 Å². The molecule has 1 aliphatic heterocycles. The number of aliphatic hydroxyl groups is 1. The van der Waals surface area contributed by atoms with Gasteiger partial charge in [0.2, 0.25) is 6.29 Å². The van der Waals surface area contributed by atoms with E-state index < -0.39 is 64.9 Å². The maximum atomic E-state index is 12.5. The van der Waals surface area contributed by atoms with Crippen LogP contribution in [-0.4, -0.2) is 53.7 Å². The summed E-state index contributed by atoms with van der Waals surface area (Å²) < 4.78 is 22.0. The van der Waals surface area contributed by atoms with Gasteiger partial charge in [0.1, 0.15) is 0 Å². The molecule has 0 amide bonds. The van der Waals surface area contributed by atoms with Crippen LogP contribution in [0.3, 0.4) is 0 Å². The first kappa shape index (κ1) is 25.4. The molecule has 8 nitrogen and oxygen atoms in total. The van der Waals surface area contributed by atoms with Crippen molar-refractivity contribution < 1.29 is 38.4 Å². The topological polar surface area (TPSA) is 108 Å². The van der Waals surface area contributed by atoms with E-state index >= 15 is 0 Å². The molecule has 1 N–H and O–H groups in total. The predicted molar refractivity (Wildman–Crippen MR) is 105 cm³/mol. The van der Waals surface area contributed by atoms with Crippen LogP contribution in [0, 0.1) is 16.2 Å². The lowest BCUT2D eigenvalue weighted by atomic mass is 9.94. The van der Waals surface area contributed by atoms with E-state index in [0.29, 0.717) is 0 Å². The number of hydrogen-bond donors (Lipinski definition) is 1. The highest BCUT2D eigenvalue weighted by Gasteiger charge is 2.51. The lowest BCUT2D eigenvalue weighted by Crippen LogP contribution is -2.61. The summed E-state index contributed by atoms with van der Waals surface area (Å²) >= 11 is 0. The monoisotopic (exact) mass is 416 g/mol. The van der Waals surface area contributed by atoms with Gasteiger partial charge in [-0.05, 0) is 69.2 Å². The Hall–Kier alpha value is -1.67. The van der Waals surface area contributed by atoms with Crippen LogP contribution in [0.1, 0.15) is 69.2 Å². The van der Waals surface area contributed by atoms with E-state index in [4.69, 9.17) is 18.9 Å². The Labute approximate surface area is 173 Å². The molecule has 8 heteroatoms. The molecule has 1 rings (SSSR count). The van der Waals surface area contributed by atoms with E-state index in [9.17, 15) is 19.5 Å². The molecule has 29 heavy (non-hydrogen) atoms. The van der Waals surface area contributed by atoms with E-state index in [1.165, 1.54) is 0 Å². The van der Waals surface area contributed by atoms with Crippen molar-refractivity contribution in [1.82, 2.24) is 0 Å². The molecule has 0 aromatic rings. The lowest BCUT2D eigenvalue weighted by Gasteiger charge is -2.43. The number of carbonyl (C=O) groups excluding carboxylic acids is 3. The van der Waals surface area contributed by atoms with E-state index in [-0.39, 0.29) is 0 Å². The van der Waals surface area contributed by atoms with Crippen LogP contribution >= 0.6 is 0 Å². The van der Waals surface area contributed by atoms with Crippen LogP contribution in [0.2, 0.25) is 0 Å². The average molecular weight is 417 g/mol. The largest absolute Gasteiger partial charge is 0.455 e. The zero-order chi connectivity index (χ0) is 22.9. The molecule has 0 aromatic carbocycles. The first-order valence-corrected chi connectivity index (χ1v) is 9.82. The second-order valence-corrected chi connectivity index (χ2v) is 10.6. The van der Waals surface area contributed by atoms with Crippen LogP contribution in [0.5, 0.6) is 0 Å². The van der Waals surface area contributed by atoms with Crippen molar-refractivity contribution in [2.45, 2.75) is 99.9 Å². The molecule has 5 unspecified atom stereocenters. The SMILES string of the molecule is CC1OC(OC(=O)C(C)(C)C)C(O)C(OC(=O)C(C)(C)C)C1OC(=O)C(C)(C)C. The molecule has 0 bridgehead atoms. The van der Waals surface area contributed by atoms with Gasteiger partial charge in [0.05, 0.1) is 22.3 Å². The molecule has 0 saturated carbocycles. The van der Waals surface area contributed by atoms with Crippen molar-refractivity contribution in [3.05, 3.63) is 0 Å². The number of aliphatic hydroxyl groups excluding tert-OH is 1. The van der Waals surface area contributed by atoms with Crippen molar-refractivity contribution in [2.24, 2.45) is 16.2 Å². The Balaban J connectivity index is 3.17. The fraction of sp³-hybridized carbons (Fsp3) is 0.857. The maximum absolute atomic E-state index is 12.5. The highest BCUT2D eigenvalue weighted by molar-refractivity contribution is 5.77. The minimum atomic E-state index is -1.53. The van der Waals surface area contributed by atoms with Crippen LogP contribution in [0.25, 0.3) is 0 Å². The van der Waals surface area contributed by atoms with Gasteiger partial charge in [-0.25, -0.2) is 0 Å². The second kappa shape index (κ2) is 8.60. The van der Waals surface area contributed by atoms with Gasteiger partial charge in [-0.3, -0.25) is 14.4 Å². The highest BCUT2D eigenvalue weighted by Crippen LogP contribution is 2.31. The molecule has 0 spiro atoms. The summed E-state index contributed by atoms with van der Waals surface area (Å²) in [6.45, 7) is 16.6. The normalized spacial score (nSPS) is 28.4. The van der Waals surface area contributed by atoms with Gasteiger partial charge >= 0.3 is 17.9 Å². The van der Waals surface area contributed by atoms with Gasteiger partial charge < -0.3 is 24.1 Å². The Morgan fingerprint density at radius 3 is 1.41 bits per heavy atom. The highest BCUT2D eigenvalue weighted by atomic mass is 16.7. The lowest BCUT2D eigenvalue weighted by molar-refractivity contribution is -0.294. The molecule has 0 radical (unpaired) electrons. The molecule has 1 fully saturated rings. The van der Waals surface area contributed by atoms with Gasteiger partial charge in [-0.1, -0.05) is 0 Å². The van der Waals surface area contributed by atoms with Crippen molar-refractivity contribution in [3.63, 3.8) is 0 Å². The molecule has 0 aliphatic carbocycles. The predicted octanol–water partition coefficient (Wildman–Crippen LogP) is 2.60. The summed E-state index contributed by atoms with van der Waals surface area (Å²) in [4.78, 5) is 37.2. The van der Waals surface area contributed by atoms with Gasteiger partial charge in [0.25, 0.3) is 0 Å². The zero-order valence-electron chi connectivity index (χ0n) is 19.2. The summed E-state index contributed by atoms with van der Waals surface area (Å²) in [5, 5.41) is 10.8. The first-order chi connectivity index (χ1) is 12.9. The van der Waals surface area contributed by atoms with Gasteiger partial charge in [-0.15, -0.1) is 0 Å². The van der Waals surface area contributed by atoms with Crippen LogP contribution in [0.15, 0.2) is 0 Å². The van der Waals surface area contributed by atoms with Crippen LogP contribution in [-0.2, 0) is 33.3 Å². The summed E-state index contributed by atoms with van der Waals surface area (Å²) in [6, 6.07) is 0. The van der Waals surface area contributed by atoms with E-state index in [2.05, 4.69) is 0 Å². The van der Waals surface area contributed by atoms with Crippen LogP contribution in [0.4, 0.5) is 0 Å². The van der Waals surface area contributed by atoms with Crippen molar-refractivity contribution in [1.29, 1.82) is 0 Å². The molecule has 5 atom stereocenters. The van der Waals surface area contributed by atoms with Crippen molar-refractivity contribution in [2.75, 3.05) is 0 Å². The number of carbonyl (C=O) groups is 3. The summed E-state index contributed by atoms with van der Waals surface area (Å²) in [5.74, 6) is -1.71. The molecular weight excluding hydrogens is 380 g/mol. The molecule has 1 aliphatic rings.